The Morgan fingerprint density at radius 3 is 2.78 bits per heavy atom. The van der Waals surface area contributed by atoms with Crippen molar-refractivity contribution in [1.29, 1.82) is 0 Å². The summed E-state index contributed by atoms with van der Waals surface area (Å²) in [6, 6.07) is 3.94. The van der Waals surface area contributed by atoms with E-state index in [-0.39, 0.29) is 23.1 Å². The lowest BCUT2D eigenvalue weighted by Crippen LogP contribution is -2.39. The predicted molar refractivity (Wildman–Crippen MR) is 101 cm³/mol. The maximum atomic E-state index is 13.0. The van der Waals surface area contributed by atoms with Crippen molar-refractivity contribution < 1.29 is 9.32 Å². The zero-order valence-corrected chi connectivity index (χ0v) is 15.9. The first kappa shape index (κ1) is 18.0. The van der Waals surface area contributed by atoms with Crippen molar-refractivity contribution in [1.82, 2.24) is 19.9 Å². The molecule has 0 aromatic carbocycles. The van der Waals surface area contributed by atoms with E-state index >= 15 is 0 Å². The van der Waals surface area contributed by atoms with Crippen LogP contribution in [0.4, 0.5) is 0 Å². The normalized spacial score (nSPS) is 17.9. The molecule has 0 bridgehead atoms. The number of rotatable bonds is 5. The highest BCUT2D eigenvalue weighted by atomic mass is 16.5. The molecule has 7 heteroatoms. The van der Waals surface area contributed by atoms with Crippen LogP contribution in [-0.4, -0.2) is 40.7 Å². The highest BCUT2D eigenvalue weighted by Gasteiger charge is 2.28. The van der Waals surface area contributed by atoms with Crippen LogP contribution in [0.5, 0.6) is 0 Å². The molecule has 0 radical (unpaired) electrons. The largest absolute Gasteiger partial charge is 0.361 e. The molecule has 0 spiro atoms. The van der Waals surface area contributed by atoms with Crippen molar-refractivity contribution in [3.05, 3.63) is 51.3 Å². The number of carbonyl (C=O) groups is 1. The van der Waals surface area contributed by atoms with Gasteiger partial charge in [0.1, 0.15) is 17.0 Å². The minimum absolute atomic E-state index is 0.146. The average molecular weight is 370 g/mol. The fraction of sp³-hybridized carbons (Fsp3) is 0.550. The average Bonchev–Trinajstić information content (AvgIpc) is 3.42. The summed E-state index contributed by atoms with van der Waals surface area (Å²) in [6.45, 7) is 3.93. The van der Waals surface area contributed by atoms with Gasteiger partial charge in [0.2, 0.25) is 0 Å². The molecule has 27 heavy (non-hydrogen) atoms. The first-order valence-electron chi connectivity index (χ1n) is 9.68. The smallest absolute Gasteiger partial charge is 0.263 e. The van der Waals surface area contributed by atoms with E-state index in [1.807, 2.05) is 25.3 Å². The number of hydrogen-bond donors (Lipinski definition) is 1. The van der Waals surface area contributed by atoms with Gasteiger partial charge in [0, 0.05) is 31.3 Å². The van der Waals surface area contributed by atoms with Gasteiger partial charge in [0.25, 0.3) is 11.5 Å². The van der Waals surface area contributed by atoms with Crippen LogP contribution in [0.25, 0.3) is 0 Å². The van der Waals surface area contributed by atoms with E-state index in [0.29, 0.717) is 18.0 Å². The van der Waals surface area contributed by atoms with Gasteiger partial charge >= 0.3 is 0 Å². The zero-order chi connectivity index (χ0) is 19.0. The van der Waals surface area contributed by atoms with Crippen LogP contribution in [0, 0.1) is 6.92 Å². The Kier molecular flexibility index (Phi) is 4.86. The first-order valence-corrected chi connectivity index (χ1v) is 9.68. The summed E-state index contributed by atoms with van der Waals surface area (Å²) in [5, 5.41) is 7.38. The van der Waals surface area contributed by atoms with Crippen LogP contribution in [0.3, 0.4) is 0 Å². The molecule has 1 aliphatic heterocycles. The quantitative estimate of drug-likeness (QED) is 0.873. The van der Waals surface area contributed by atoms with Crippen molar-refractivity contribution in [2.75, 3.05) is 20.1 Å². The number of nitrogens with zero attached hydrogens (tertiary/aromatic N) is 3. The van der Waals surface area contributed by atoms with Crippen LogP contribution in [0.15, 0.2) is 27.6 Å². The van der Waals surface area contributed by atoms with Gasteiger partial charge in [-0.1, -0.05) is 5.16 Å². The number of carbonyl (C=O) groups excluding carboxylic acids is 1. The standard InChI is InChI=1S/C20H26N4O3/c1-13-7-10-24(16-5-8-21-9-6-16)20(26)18(13)19(25)23(2)12-15-11-17(27-22-15)14-3-4-14/h7,10-11,14,16,21H,3-6,8-9,12H2,1-2H3. The Balaban J connectivity index is 1.55. The van der Waals surface area contributed by atoms with E-state index in [1.165, 1.54) is 0 Å². The summed E-state index contributed by atoms with van der Waals surface area (Å²) in [5.41, 5.74) is 1.49. The number of hydrogen-bond acceptors (Lipinski definition) is 5. The fourth-order valence-electron chi connectivity index (χ4n) is 3.74. The second-order valence-corrected chi connectivity index (χ2v) is 7.72. The Hall–Kier alpha value is -2.41. The van der Waals surface area contributed by atoms with Crippen LogP contribution in [-0.2, 0) is 6.54 Å². The van der Waals surface area contributed by atoms with Crippen LogP contribution >= 0.6 is 0 Å². The first-order chi connectivity index (χ1) is 13.0. The summed E-state index contributed by atoms with van der Waals surface area (Å²) in [4.78, 5) is 27.6. The number of pyridine rings is 1. The molecule has 4 rings (SSSR count). The second-order valence-electron chi connectivity index (χ2n) is 7.72. The molecule has 2 aliphatic rings. The Labute approximate surface area is 158 Å². The minimum Gasteiger partial charge on any atom is -0.361 e. The van der Waals surface area contributed by atoms with E-state index in [0.717, 1.165) is 50.2 Å². The summed E-state index contributed by atoms with van der Waals surface area (Å²) < 4.78 is 7.09. The Bertz CT molecular complexity index is 891. The summed E-state index contributed by atoms with van der Waals surface area (Å²) in [5.74, 6) is 1.12. The molecule has 0 unspecified atom stereocenters. The molecule has 1 N–H and O–H groups in total. The highest BCUT2D eigenvalue weighted by molar-refractivity contribution is 5.95. The third-order valence-corrected chi connectivity index (χ3v) is 5.55. The molecule has 7 nitrogen and oxygen atoms in total. The van der Waals surface area contributed by atoms with E-state index in [1.54, 1.807) is 16.5 Å². The summed E-state index contributed by atoms with van der Waals surface area (Å²) in [6.07, 6.45) is 5.90. The van der Waals surface area contributed by atoms with E-state index in [4.69, 9.17) is 4.52 Å². The Morgan fingerprint density at radius 2 is 2.07 bits per heavy atom. The van der Waals surface area contributed by atoms with Crippen molar-refractivity contribution in [2.45, 2.75) is 51.1 Å². The molecule has 3 heterocycles. The molecule has 1 saturated heterocycles. The van der Waals surface area contributed by atoms with Gasteiger partial charge in [0.15, 0.2) is 0 Å². The minimum atomic E-state index is -0.267. The number of amides is 1. The number of piperidine rings is 1. The highest BCUT2D eigenvalue weighted by Crippen LogP contribution is 2.40. The van der Waals surface area contributed by atoms with Crippen molar-refractivity contribution in [3.63, 3.8) is 0 Å². The van der Waals surface area contributed by atoms with E-state index in [2.05, 4.69) is 10.5 Å². The Morgan fingerprint density at radius 1 is 1.33 bits per heavy atom. The molecule has 2 aromatic heterocycles. The lowest BCUT2D eigenvalue weighted by atomic mass is 10.0. The van der Waals surface area contributed by atoms with Gasteiger partial charge in [0.05, 0.1) is 6.54 Å². The lowest BCUT2D eigenvalue weighted by Gasteiger charge is -2.26. The summed E-state index contributed by atoms with van der Waals surface area (Å²) in [7, 11) is 1.70. The monoisotopic (exact) mass is 370 g/mol. The molecular formula is C20H26N4O3. The van der Waals surface area contributed by atoms with E-state index in [9.17, 15) is 9.59 Å². The van der Waals surface area contributed by atoms with Crippen molar-refractivity contribution in [2.24, 2.45) is 0 Å². The fourth-order valence-corrected chi connectivity index (χ4v) is 3.74. The lowest BCUT2D eigenvalue weighted by molar-refractivity contribution is 0.0778. The van der Waals surface area contributed by atoms with Gasteiger partial charge in [-0.2, -0.15) is 0 Å². The number of aryl methyl sites for hydroxylation is 1. The van der Waals surface area contributed by atoms with Crippen molar-refractivity contribution >= 4 is 5.91 Å². The van der Waals surface area contributed by atoms with Gasteiger partial charge in [-0.3, -0.25) is 9.59 Å². The maximum absolute atomic E-state index is 13.0. The van der Waals surface area contributed by atoms with E-state index < -0.39 is 0 Å². The molecule has 144 valence electrons. The summed E-state index contributed by atoms with van der Waals surface area (Å²) >= 11 is 0. The molecule has 2 fully saturated rings. The van der Waals surface area contributed by atoms with Crippen LogP contribution in [0.2, 0.25) is 0 Å². The van der Waals surface area contributed by atoms with Crippen LogP contribution in [0.1, 0.15) is 65.0 Å². The number of aromatic nitrogens is 2. The molecule has 1 aliphatic carbocycles. The second kappa shape index (κ2) is 7.31. The zero-order valence-electron chi connectivity index (χ0n) is 15.9. The molecular weight excluding hydrogens is 344 g/mol. The third kappa shape index (κ3) is 3.69. The molecule has 1 saturated carbocycles. The van der Waals surface area contributed by atoms with Gasteiger partial charge in [-0.15, -0.1) is 0 Å². The van der Waals surface area contributed by atoms with Crippen LogP contribution < -0.4 is 10.9 Å². The SMILES string of the molecule is Cc1ccn(C2CCNCC2)c(=O)c1C(=O)N(C)Cc1cc(C2CC2)on1. The van der Waals surface area contributed by atoms with Gasteiger partial charge in [-0.05, 0) is 57.3 Å². The molecule has 2 aromatic rings. The topological polar surface area (TPSA) is 80.4 Å². The third-order valence-electron chi connectivity index (χ3n) is 5.55. The van der Waals surface area contributed by atoms with Gasteiger partial charge < -0.3 is 19.3 Å². The molecule has 1 amide bonds. The number of nitrogens with one attached hydrogen (secondary N) is 1. The molecule has 0 atom stereocenters. The maximum Gasteiger partial charge on any atom is 0.263 e. The van der Waals surface area contributed by atoms with Crippen molar-refractivity contribution in [3.8, 4) is 0 Å². The van der Waals surface area contributed by atoms with Gasteiger partial charge in [-0.25, -0.2) is 0 Å². The predicted octanol–water partition coefficient (Wildman–Crippen LogP) is 2.22.